The van der Waals surface area contributed by atoms with Gasteiger partial charge in [-0.3, -0.25) is 20.2 Å². The SMILES string of the molecule is O=C(/C=C/c1cccc([N+](=O)[O-])c1)Nc1nnc(-c2ccno2)o1. The Hall–Kier alpha value is -3.82. The summed E-state index contributed by atoms with van der Waals surface area (Å²) in [6.07, 6.45) is 4.03. The third-order valence-electron chi connectivity index (χ3n) is 2.81. The van der Waals surface area contributed by atoms with Gasteiger partial charge in [-0.05, 0) is 11.6 Å². The maximum atomic E-state index is 11.8. The first-order valence-electron chi connectivity index (χ1n) is 6.60. The number of nitrogens with one attached hydrogen (secondary N) is 1. The maximum absolute atomic E-state index is 11.8. The summed E-state index contributed by atoms with van der Waals surface area (Å²) in [6, 6.07) is 7.28. The quantitative estimate of drug-likeness (QED) is 0.428. The number of nitrogens with zero attached hydrogens (tertiary/aromatic N) is 4. The van der Waals surface area contributed by atoms with Crippen molar-refractivity contribution in [2.24, 2.45) is 0 Å². The molecular formula is C14H9N5O5. The zero-order chi connectivity index (χ0) is 16.9. The zero-order valence-corrected chi connectivity index (χ0v) is 11.9. The van der Waals surface area contributed by atoms with Crippen molar-refractivity contribution in [3.8, 4) is 11.7 Å². The van der Waals surface area contributed by atoms with Crippen LogP contribution in [0.1, 0.15) is 5.56 Å². The molecule has 3 aromatic rings. The van der Waals surface area contributed by atoms with Gasteiger partial charge in [0.1, 0.15) is 0 Å². The Morgan fingerprint density at radius 1 is 1.29 bits per heavy atom. The molecule has 0 aliphatic carbocycles. The van der Waals surface area contributed by atoms with Crippen molar-refractivity contribution in [1.29, 1.82) is 0 Å². The van der Waals surface area contributed by atoms with E-state index in [-0.39, 0.29) is 23.4 Å². The number of benzene rings is 1. The predicted octanol–water partition coefficient (Wildman–Crippen LogP) is 2.28. The molecule has 0 unspecified atom stereocenters. The Labute approximate surface area is 133 Å². The van der Waals surface area contributed by atoms with E-state index in [1.807, 2.05) is 0 Å². The molecule has 3 rings (SSSR count). The summed E-state index contributed by atoms with van der Waals surface area (Å²) >= 11 is 0. The van der Waals surface area contributed by atoms with Gasteiger partial charge in [0.15, 0.2) is 0 Å². The Bertz CT molecular complexity index is 900. The normalized spacial score (nSPS) is 10.8. The maximum Gasteiger partial charge on any atom is 0.322 e. The Morgan fingerprint density at radius 2 is 2.17 bits per heavy atom. The zero-order valence-electron chi connectivity index (χ0n) is 11.9. The van der Waals surface area contributed by atoms with E-state index in [9.17, 15) is 14.9 Å². The lowest BCUT2D eigenvalue weighted by molar-refractivity contribution is -0.384. The van der Waals surface area contributed by atoms with Crippen LogP contribution in [0.2, 0.25) is 0 Å². The third-order valence-corrected chi connectivity index (χ3v) is 2.81. The number of rotatable bonds is 5. The van der Waals surface area contributed by atoms with Crippen LogP contribution in [-0.2, 0) is 4.79 Å². The van der Waals surface area contributed by atoms with Crippen molar-refractivity contribution in [1.82, 2.24) is 15.4 Å². The summed E-state index contributed by atoms with van der Waals surface area (Å²) < 4.78 is 10.0. The summed E-state index contributed by atoms with van der Waals surface area (Å²) in [5.74, 6) is -0.185. The van der Waals surface area contributed by atoms with Crippen LogP contribution in [0.5, 0.6) is 0 Å². The molecule has 0 spiro atoms. The number of carbonyl (C=O) groups excluding carboxylic acids is 1. The van der Waals surface area contributed by atoms with Crippen molar-refractivity contribution in [3.05, 3.63) is 58.3 Å². The fourth-order valence-electron chi connectivity index (χ4n) is 1.76. The highest BCUT2D eigenvalue weighted by atomic mass is 16.6. The van der Waals surface area contributed by atoms with E-state index >= 15 is 0 Å². The number of amides is 1. The van der Waals surface area contributed by atoms with Crippen LogP contribution in [0, 0.1) is 10.1 Å². The first-order chi connectivity index (χ1) is 11.6. The second-order valence-electron chi connectivity index (χ2n) is 4.46. The van der Waals surface area contributed by atoms with Crippen LogP contribution in [0.15, 0.2) is 51.5 Å². The Morgan fingerprint density at radius 3 is 2.92 bits per heavy atom. The standard InChI is InChI=1S/C14H9N5O5/c20-12(5-4-9-2-1-3-10(8-9)19(21)22)16-14-18-17-13(23-14)11-6-7-15-24-11/h1-8H,(H,16,18,20)/b5-4+. The van der Waals surface area contributed by atoms with Crippen LogP contribution in [0.4, 0.5) is 11.7 Å². The molecule has 24 heavy (non-hydrogen) atoms. The van der Waals surface area contributed by atoms with Crippen LogP contribution in [0.25, 0.3) is 17.7 Å². The average Bonchev–Trinajstić information content (AvgIpc) is 3.24. The van der Waals surface area contributed by atoms with E-state index in [4.69, 9.17) is 8.94 Å². The number of anilines is 1. The lowest BCUT2D eigenvalue weighted by atomic mass is 10.2. The van der Waals surface area contributed by atoms with Crippen LogP contribution >= 0.6 is 0 Å². The van der Waals surface area contributed by atoms with Crippen molar-refractivity contribution < 1.29 is 18.7 Å². The number of nitro groups is 1. The summed E-state index contributed by atoms with van der Waals surface area (Å²) in [6.45, 7) is 0. The Kier molecular flexibility index (Phi) is 4.10. The molecule has 0 atom stereocenters. The van der Waals surface area contributed by atoms with Crippen LogP contribution in [0.3, 0.4) is 0 Å². The summed E-state index contributed by atoms with van der Waals surface area (Å²) in [5, 5.41) is 23.9. The average molecular weight is 327 g/mol. The van der Waals surface area contributed by atoms with Gasteiger partial charge in [-0.25, -0.2) is 0 Å². The smallest absolute Gasteiger partial charge is 0.322 e. The van der Waals surface area contributed by atoms with Gasteiger partial charge >= 0.3 is 6.01 Å². The highest BCUT2D eigenvalue weighted by Crippen LogP contribution is 2.19. The minimum absolute atomic E-state index is 0.0637. The number of nitro benzene ring substituents is 1. The van der Waals surface area contributed by atoms with Gasteiger partial charge < -0.3 is 8.94 Å². The van der Waals surface area contributed by atoms with E-state index in [0.29, 0.717) is 5.56 Å². The summed E-state index contributed by atoms with van der Waals surface area (Å²) in [4.78, 5) is 22.0. The molecule has 0 bridgehead atoms. The molecule has 1 N–H and O–H groups in total. The predicted molar refractivity (Wildman–Crippen MR) is 80.6 cm³/mol. The number of aromatic nitrogens is 3. The number of carbonyl (C=O) groups is 1. The van der Waals surface area contributed by atoms with Gasteiger partial charge in [-0.1, -0.05) is 22.4 Å². The molecule has 0 fully saturated rings. The molecule has 0 saturated carbocycles. The minimum Gasteiger partial charge on any atom is -0.400 e. The number of non-ortho nitro benzene ring substituents is 1. The minimum atomic E-state index is -0.533. The van der Waals surface area contributed by atoms with Gasteiger partial charge in [0, 0.05) is 24.3 Å². The fourth-order valence-corrected chi connectivity index (χ4v) is 1.76. The number of hydrogen-bond acceptors (Lipinski definition) is 8. The molecule has 2 aromatic heterocycles. The summed E-state index contributed by atoms with van der Waals surface area (Å²) in [7, 11) is 0. The molecule has 0 aliphatic heterocycles. The number of hydrogen-bond donors (Lipinski definition) is 1. The van der Waals surface area contributed by atoms with Gasteiger partial charge in [0.25, 0.3) is 17.5 Å². The lowest BCUT2D eigenvalue weighted by Gasteiger charge is -1.95. The largest absolute Gasteiger partial charge is 0.400 e. The second-order valence-corrected chi connectivity index (χ2v) is 4.46. The molecule has 10 nitrogen and oxygen atoms in total. The monoisotopic (exact) mass is 327 g/mol. The molecule has 1 aromatic carbocycles. The molecule has 10 heteroatoms. The van der Waals surface area contributed by atoms with E-state index in [1.54, 1.807) is 6.07 Å². The summed E-state index contributed by atoms with van der Waals surface area (Å²) in [5.41, 5.74) is 0.443. The van der Waals surface area contributed by atoms with E-state index in [0.717, 1.165) is 0 Å². The lowest BCUT2D eigenvalue weighted by Crippen LogP contribution is -2.07. The highest BCUT2D eigenvalue weighted by molar-refractivity contribution is 6.00. The van der Waals surface area contributed by atoms with E-state index in [2.05, 4.69) is 20.7 Å². The first kappa shape index (κ1) is 15.1. The topological polar surface area (TPSA) is 137 Å². The van der Waals surface area contributed by atoms with Crippen molar-refractivity contribution >= 4 is 23.7 Å². The van der Waals surface area contributed by atoms with Gasteiger partial charge in [0.05, 0.1) is 11.1 Å². The van der Waals surface area contributed by atoms with E-state index < -0.39 is 10.8 Å². The Balaban J connectivity index is 1.65. The fraction of sp³-hybridized carbons (Fsp3) is 0. The van der Waals surface area contributed by atoms with E-state index in [1.165, 1.54) is 42.6 Å². The van der Waals surface area contributed by atoms with Gasteiger partial charge in [-0.15, -0.1) is 5.10 Å². The molecule has 0 saturated heterocycles. The van der Waals surface area contributed by atoms with Crippen molar-refractivity contribution in [2.75, 3.05) is 5.32 Å². The highest BCUT2D eigenvalue weighted by Gasteiger charge is 2.12. The third kappa shape index (κ3) is 3.50. The molecule has 1 amide bonds. The molecule has 2 heterocycles. The first-order valence-corrected chi connectivity index (χ1v) is 6.60. The van der Waals surface area contributed by atoms with Crippen molar-refractivity contribution in [3.63, 3.8) is 0 Å². The molecule has 0 aliphatic rings. The van der Waals surface area contributed by atoms with Gasteiger partial charge in [-0.2, -0.15) is 0 Å². The van der Waals surface area contributed by atoms with Crippen LogP contribution in [-0.4, -0.2) is 26.2 Å². The van der Waals surface area contributed by atoms with Crippen molar-refractivity contribution in [2.45, 2.75) is 0 Å². The van der Waals surface area contributed by atoms with Crippen LogP contribution < -0.4 is 5.32 Å². The molecule has 0 radical (unpaired) electrons. The molecular weight excluding hydrogens is 318 g/mol. The molecule has 120 valence electrons. The second kappa shape index (κ2) is 6.52. The van der Waals surface area contributed by atoms with Gasteiger partial charge in [0.2, 0.25) is 5.76 Å².